The van der Waals surface area contributed by atoms with Gasteiger partial charge in [-0.2, -0.15) is 0 Å². The summed E-state index contributed by atoms with van der Waals surface area (Å²) in [6, 6.07) is 5.17. The molecule has 3 nitrogen and oxygen atoms in total. The first-order chi connectivity index (χ1) is 10.4. The number of piperidine rings is 1. The number of pyridine rings is 1. The van der Waals surface area contributed by atoms with E-state index in [9.17, 15) is 0 Å². The first-order valence-electron chi connectivity index (χ1n) is 8.83. The number of anilines is 1. The molecule has 116 valence electrons. The van der Waals surface area contributed by atoms with Gasteiger partial charge in [-0.1, -0.05) is 32.3 Å². The van der Waals surface area contributed by atoms with Crippen LogP contribution in [-0.2, 0) is 0 Å². The Kier molecular flexibility index (Phi) is 5.13. The van der Waals surface area contributed by atoms with Crippen molar-refractivity contribution in [2.24, 2.45) is 0 Å². The molecule has 3 heteroatoms. The molecule has 0 bridgehead atoms. The molecule has 2 fully saturated rings. The molecule has 1 aromatic heterocycles. The minimum atomic E-state index is 0.592. The zero-order chi connectivity index (χ0) is 14.5. The number of nitrogens with zero attached hydrogens (tertiary/aromatic N) is 3. The molecule has 21 heavy (non-hydrogen) atoms. The Bertz CT molecular complexity index is 421. The van der Waals surface area contributed by atoms with E-state index in [1.165, 1.54) is 76.0 Å². The van der Waals surface area contributed by atoms with Crippen molar-refractivity contribution >= 4 is 5.82 Å². The van der Waals surface area contributed by atoms with Crippen molar-refractivity contribution in [2.45, 2.75) is 57.9 Å². The molecule has 2 aliphatic heterocycles. The minimum absolute atomic E-state index is 0.592. The fourth-order valence-corrected chi connectivity index (χ4v) is 3.83. The van der Waals surface area contributed by atoms with Gasteiger partial charge in [-0.25, -0.2) is 4.98 Å². The van der Waals surface area contributed by atoms with E-state index < -0.39 is 0 Å². The summed E-state index contributed by atoms with van der Waals surface area (Å²) in [7, 11) is 0. The fraction of sp³-hybridized carbons (Fsp3) is 0.722. The topological polar surface area (TPSA) is 19.4 Å². The molecule has 0 spiro atoms. The molecule has 2 saturated heterocycles. The largest absolute Gasteiger partial charge is 0.357 e. The highest BCUT2D eigenvalue weighted by atomic mass is 15.2. The molecule has 3 heterocycles. The summed E-state index contributed by atoms with van der Waals surface area (Å²) in [6.07, 6.45) is 11.5. The van der Waals surface area contributed by atoms with Gasteiger partial charge in [0.1, 0.15) is 5.82 Å². The lowest BCUT2D eigenvalue weighted by Crippen LogP contribution is -2.33. The van der Waals surface area contributed by atoms with Gasteiger partial charge in [-0.3, -0.25) is 4.90 Å². The second-order valence-electron chi connectivity index (χ2n) is 6.49. The third-order valence-electron chi connectivity index (χ3n) is 5.11. The molecule has 0 N–H and O–H groups in total. The Morgan fingerprint density at radius 3 is 2.43 bits per heavy atom. The average Bonchev–Trinajstić information content (AvgIpc) is 2.84. The molecule has 0 radical (unpaired) electrons. The van der Waals surface area contributed by atoms with Crippen LogP contribution in [0.25, 0.3) is 0 Å². The van der Waals surface area contributed by atoms with Crippen LogP contribution in [0.15, 0.2) is 18.3 Å². The SMILES string of the molecule is CCN1CCCC[C@@H]1c1ccc(N2CCCCCC2)nc1. The lowest BCUT2D eigenvalue weighted by atomic mass is 9.96. The molecular weight excluding hydrogens is 258 g/mol. The number of hydrogen-bond acceptors (Lipinski definition) is 3. The van der Waals surface area contributed by atoms with E-state index in [4.69, 9.17) is 4.98 Å². The van der Waals surface area contributed by atoms with Gasteiger partial charge < -0.3 is 4.90 Å². The maximum absolute atomic E-state index is 4.79. The van der Waals surface area contributed by atoms with E-state index in [2.05, 4.69) is 35.1 Å². The highest BCUT2D eigenvalue weighted by molar-refractivity contribution is 5.40. The van der Waals surface area contributed by atoms with Crippen LogP contribution in [0.4, 0.5) is 5.82 Å². The van der Waals surface area contributed by atoms with Crippen LogP contribution in [0, 0.1) is 0 Å². The van der Waals surface area contributed by atoms with E-state index >= 15 is 0 Å². The molecule has 3 rings (SSSR count). The van der Waals surface area contributed by atoms with Gasteiger partial charge in [-0.15, -0.1) is 0 Å². The van der Waals surface area contributed by atoms with Crippen molar-refractivity contribution in [1.82, 2.24) is 9.88 Å². The standard InChI is InChI=1S/C18H29N3/c1-2-20-12-8-5-9-17(20)16-10-11-18(19-15-16)21-13-6-3-4-7-14-21/h10-11,15,17H,2-9,12-14H2,1H3/t17-/m1/s1. The summed E-state index contributed by atoms with van der Waals surface area (Å²) in [5.41, 5.74) is 1.41. The van der Waals surface area contributed by atoms with E-state index in [-0.39, 0.29) is 0 Å². The molecule has 0 saturated carbocycles. The van der Waals surface area contributed by atoms with Crippen molar-refractivity contribution in [3.63, 3.8) is 0 Å². The average molecular weight is 287 g/mol. The van der Waals surface area contributed by atoms with Gasteiger partial charge >= 0.3 is 0 Å². The minimum Gasteiger partial charge on any atom is -0.357 e. The van der Waals surface area contributed by atoms with E-state index in [0.717, 1.165) is 6.54 Å². The summed E-state index contributed by atoms with van der Waals surface area (Å²) in [5.74, 6) is 1.18. The van der Waals surface area contributed by atoms with Crippen molar-refractivity contribution < 1.29 is 0 Å². The second-order valence-corrected chi connectivity index (χ2v) is 6.49. The number of rotatable bonds is 3. The van der Waals surface area contributed by atoms with Gasteiger partial charge in [0.25, 0.3) is 0 Å². The third kappa shape index (κ3) is 3.57. The number of aromatic nitrogens is 1. The van der Waals surface area contributed by atoms with E-state index in [1.54, 1.807) is 0 Å². The summed E-state index contributed by atoms with van der Waals surface area (Å²) in [4.78, 5) is 9.86. The molecule has 0 aliphatic carbocycles. The smallest absolute Gasteiger partial charge is 0.128 e. The van der Waals surface area contributed by atoms with Crippen LogP contribution in [-0.4, -0.2) is 36.1 Å². The van der Waals surface area contributed by atoms with Gasteiger partial charge in [-0.05, 0) is 50.4 Å². The Balaban J connectivity index is 1.70. The number of hydrogen-bond donors (Lipinski definition) is 0. The summed E-state index contributed by atoms with van der Waals surface area (Å²) >= 11 is 0. The van der Waals surface area contributed by atoms with E-state index in [0.29, 0.717) is 6.04 Å². The molecule has 2 aliphatic rings. The normalized spacial score (nSPS) is 24.8. The van der Waals surface area contributed by atoms with Crippen LogP contribution in [0.3, 0.4) is 0 Å². The lowest BCUT2D eigenvalue weighted by molar-refractivity contribution is 0.157. The molecular formula is C18H29N3. The van der Waals surface area contributed by atoms with E-state index in [1.807, 2.05) is 0 Å². The fourth-order valence-electron chi connectivity index (χ4n) is 3.83. The Hall–Kier alpha value is -1.09. The van der Waals surface area contributed by atoms with Crippen LogP contribution in [0.1, 0.15) is 63.5 Å². The van der Waals surface area contributed by atoms with Crippen molar-refractivity contribution in [1.29, 1.82) is 0 Å². The molecule has 1 aromatic rings. The monoisotopic (exact) mass is 287 g/mol. The highest BCUT2D eigenvalue weighted by Gasteiger charge is 2.23. The molecule has 0 unspecified atom stereocenters. The Morgan fingerprint density at radius 2 is 1.76 bits per heavy atom. The predicted molar refractivity (Wildman–Crippen MR) is 88.8 cm³/mol. The zero-order valence-corrected chi connectivity index (χ0v) is 13.4. The Labute approximate surface area is 129 Å². The zero-order valence-electron chi connectivity index (χ0n) is 13.4. The van der Waals surface area contributed by atoms with Crippen LogP contribution >= 0.6 is 0 Å². The third-order valence-corrected chi connectivity index (χ3v) is 5.11. The first kappa shape index (κ1) is 14.8. The van der Waals surface area contributed by atoms with Gasteiger partial charge in [0, 0.05) is 25.3 Å². The molecule has 1 atom stereocenters. The van der Waals surface area contributed by atoms with Crippen LogP contribution in [0.2, 0.25) is 0 Å². The summed E-state index contributed by atoms with van der Waals surface area (Å²) in [5, 5.41) is 0. The molecule has 0 aromatic carbocycles. The first-order valence-corrected chi connectivity index (χ1v) is 8.83. The maximum Gasteiger partial charge on any atom is 0.128 e. The number of likely N-dealkylation sites (tertiary alicyclic amines) is 1. The molecule has 0 amide bonds. The van der Waals surface area contributed by atoms with Gasteiger partial charge in [0.15, 0.2) is 0 Å². The van der Waals surface area contributed by atoms with Crippen molar-refractivity contribution in [3.8, 4) is 0 Å². The van der Waals surface area contributed by atoms with Gasteiger partial charge in [0.05, 0.1) is 0 Å². The van der Waals surface area contributed by atoms with Gasteiger partial charge in [0.2, 0.25) is 0 Å². The summed E-state index contributed by atoms with van der Waals surface area (Å²) < 4.78 is 0. The second kappa shape index (κ2) is 7.26. The quantitative estimate of drug-likeness (QED) is 0.837. The van der Waals surface area contributed by atoms with Crippen molar-refractivity contribution in [2.75, 3.05) is 31.1 Å². The Morgan fingerprint density at radius 1 is 1.00 bits per heavy atom. The highest BCUT2D eigenvalue weighted by Crippen LogP contribution is 2.31. The van der Waals surface area contributed by atoms with Crippen LogP contribution < -0.4 is 4.90 Å². The van der Waals surface area contributed by atoms with Crippen LogP contribution in [0.5, 0.6) is 0 Å². The predicted octanol–water partition coefficient (Wildman–Crippen LogP) is 4.01. The van der Waals surface area contributed by atoms with Crippen molar-refractivity contribution in [3.05, 3.63) is 23.9 Å². The maximum atomic E-state index is 4.79. The lowest BCUT2D eigenvalue weighted by Gasteiger charge is -2.35. The summed E-state index contributed by atoms with van der Waals surface area (Å²) in [6.45, 7) is 7.03.